The molecule has 0 saturated heterocycles. The van der Waals surface area contributed by atoms with E-state index in [0.717, 1.165) is 15.1 Å². The molecule has 3 aromatic carbocycles. The van der Waals surface area contributed by atoms with E-state index in [1.54, 1.807) is 0 Å². The van der Waals surface area contributed by atoms with Crippen molar-refractivity contribution in [3.8, 4) is 11.5 Å². The molecule has 1 aromatic heterocycles. The van der Waals surface area contributed by atoms with E-state index in [1.165, 1.54) is 20.2 Å². The van der Waals surface area contributed by atoms with Crippen LogP contribution in [0.1, 0.15) is 0 Å². The van der Waals surface area contributed by atoms with Crippen LogP contribution in [0.25, 0.3) is 20.2 Å². The molecule has 3 heteroatoms. The Labute approximate surface area is 140 Å². The summed E-state index contributed by atoms with van der Waals surface area (Å²) in [4.78, 5) is 0. The zero-order valence-electron chi connectivity index (χ0n) is 11.0. The van der Waals surface area contributed by atoms with Crippen LogP contribution in [0.5, 0.6) is 11.5 Å². The first-order chi connectivity index (χ1) is 10.3. The molecular weight excluding hydrogens is 391 g/mol. The van der Waals surface area contributed by atoms with Crippen molar-refractivity contribution in [3.05, 3.63) is 70.3 Å². The van der Waals surface area contributed by atoms with E-state index in [0.29, 0.717) is 0 Å². The highest BCUT2D eigenvalue weighted by molar-refractivity contribution is 14.1. The van der Waals surface area contributed by atoms with Crippen LogP contribution in [0.4, 0.5) is 0 Å². The number of fused-ring (bicyclic) bond motifs is 3. The smallest absolute Gasteiger partial charge is 0.140 e. The van der Waals surface area contributed by atoms with Crippen LogP contribution < -0.4 is 4.74 Å². The maximum atomic E-state index is 6.19. The Morgan fingerprint density at radius 2 is 1.43 bits per heavy atom. The first-order valence-electron chi connectivity index (χ1n) is 6.65. The summed E-state index contributed by atoms with van der Waals surface area (Å²) in [7, 11) is 0. The molecule has 4 aromatic rings. The quantitative estimate of drug-likeness (QED) is 0.350. The topological polar surface area (TPSA) is 9.23 Å². The highest BCUT2D eigenvalue weighted by Crippen LogP contribution is 2.41. The molecule has 21 heavy (non-hydrogen) atoms. The predicted molar refractivity (Wildman–Crippen MR) is 98.6 cm³/mol. The van der Waals surface area contributed by atoms with Gasteiger partial charge in [0.15, 0.2) is 0 Å². The van der Waals surface area contributed by atoms with Crippen molar-refractivity contribution in [3.63, 3.8) is 0 Å². The Morgan fingerprint density at radius 3 is 2.33 bits per heavy atom. The minimum absolute atomic E-state index is 0.904. The number of halogens is 1. The molecule has 0 aliphatic carbocycles. The summed E-state index contributed by atoms with van der Waals surface area (Å²) in [6.07, 6.45) is 0. The molecule has 0 amide bonds. The Bertz CT molecular complexity index is 942. The minimum atomic E-state index is 0.904. The lowest BCUT2D eigenvalue weighted by atomic mass is 10.1. The van der Waals surface area contributed by atoms with E-state index in [9.17, 15) is 0 Å². The number of benzene rings is 3. The predicted octanol–water partition coefficient (Wildman–Crippen LogP) is 6.45. The van der Waals surface area contributed by atoms with Gasteiger partial charge in [-0.15, -0.1) is 11.3 Å². The van der Waals surface area contributed by atoms with Crippen LogP contribution in [0.2, 0.25) is 0 Å². The number of para-hydroxylation sites is 1. The molecule has 1 nitrogen and oxygen atoms in total. The number of rotatable bonds is 2. The summed E-state index contributed by atoms with van der Waals surface area (Å²) in [6.45, 7) is 0. The van der Waals surface area contributed by atoms with Gasteiger partial charge in [-0.1, -0.05) is 36.4 Å². The van der Waals surface area contributed by atoms with Gasteiger partial charge < -0.3 is 4.74 Å². The van der Waals surface area contributed by atoms with E-state index < -0.39 is 0 Å². The number of thiophene rings is 1. The van der Waals surface area contributed by atoms with Gasteiger partial charge in [0.2, 0.25) is 0 Å². The van der Waals surface area contributed by atoms with E-state index >= 15 is 0 Å². The standard InChI is InChI=1S/C18H11IOS/c19-13-7-2-3-8-14(13)20-15-9-5-11-17-18(15)12-6-1-4-10-16(12)21-17/h1-11H. The van der Waals surface area contributed by atoms with Gasteiger partial charge in [0.05, 0.1) is 3.57 Å². The fourth-order valence-electron chi connectivity index (χ4n) is 2.47. The van der Waals surface area contributed by atoms with Gasteiger partial charge in [-0.2, -0.15) is 0 Å². The van der Waals surface area contributed by atoms with Gasteiger partial charge in [-0.3, -0.25) is 0 Å². The molecule has 102 valence electrons. The summed E-state index contributed by atoms with van der Waals surface area (Å²) < 4.78 is 9.87. The molecule has 4 rings (SSSR count). The van der Waals surface area contributed by atoms with E-state index in [-0.39, 0.29) is 0 Å². The zero-order valence-corrected chi connectivity index (χ0v) is 14.0. The molecule has 1 heterocycles. The van der Waals surface area contributed by atoms with Crippen LogP contribution in [0.3, 0.4) is 0 Å². The van der Waals surface area contributed by atoms with E-state index in [4.69, 9.17) is 4.74 Å². The molecule has 0 bridgehead atoms. The van der Waals surface area contributed by atoms with Crippen molar-refractivity contribution in [1.82, 2.24) is 0 Å². The Kier molecular flexibility index (Phi) is 3.31. The Hall–Kier alpha value is -1.59. The first kappa shape index (κ1) is 13.1. The molecule has 0 aliphatic heterocycles. The van der Waals surface area contributed by atoms with Gasteiger partial charge in [0.1, 0.15) is 11.5 Å². The lowest BCUT2D eigenvalue weighted by Gasteiger charge is -2.09. The average Bonchev–Trinajstić information content (AvgIpc) is 2.89. The molecule has 0 N–H and O–H groups in total. The molecule has 0 aliphatic rings. The lowest BCUT2D eigenvalue weighted by Crippen LogP contribution is -1.87. The second-order valence-electron chi connectivity index (χ2n) is 4.76. The van der Waals surface area contributed by atoms with Crippen molar-refractivity contribution in [1.29, 1.82) is 0 Å². The summed E-state index contributed by atoms with van der Waals surface area (Å²) in [5.74, 6) is 1.83. The minimum Gasteiger partial charge on any atom is -0.456 e. The average molecular weight is 402 g/mol. The highest BCUT2D eigenvalue weighted by Gasteiger charge is 2.11. The number of ether oxygens (including phenoxy) is 1. The Morgan fingerprint density at radius 1 is 0.714 bits per heavy atom. The van der Waals surface area contributed by atoms with Crippen molar-refractivity contribution in [2.24, 2.45) is 0 Å². The molecule has 0 spiro atoms. The van der Waals surface area contributed by atoms with E-state index in [2.05, 4.69) is 65.1 Å². The third-order valence-electron chi connectivity index (χ3n) is 3.42. The normalized spacial score (nSPS) is 11.1. The van der Waals surface area contributed by atoms with Gasteiger partial charge in [0.25, 0.3) is 0 Å². The van der Waals surface area contributed by atoms with Crippen LogP contribution in [-0.4, -0.2) is 0 Å². The van der Waals surface area contributed by atoms with Crippen LogP contribution in [-0.2, 0) is 0 Å². The van der Waals surface area contributed by atoms with Gasteiger partial charge in [0, 0.05) is 20.2 Å². The molecule has 0 radical (unpaired) electrons. The fourth-order valence-corrected chi connectivity index (χ4v) is 4.09. The molecule has 0 saturated carbocycles. The maximum Gasteiger partial charge on any atom is 0.140 e. The third kappa shape index (κ3) is 2.30. The van der Waals surface area contributed by atoms with Crippen LogP contribution in [0.15, 0.2) is 66.7 Å². The van der Waals surface area contributed by atoms with Gasteiger partial charge >= 0.3 is 0 Å². The largest absolute Gasteiger partial charge is 0.456 e. The summed E-state index contributed by atoms with van der Waals surface area (Å²) in [5, 5.41) is 2.47. The summed E-state index contributed by atoms with van der Waals surface area (Å²) in [5.41, 5.74) is 0. The third-order valence-corrected chi connectivity index (χ3v) is 5.45. The maximum absolute atomic E-state index is 6.19. The summed E-state index contributed by atoms with van der Waals surface area (Å²) >= 11 is 4.11. The van der Waals surface area contributed by atoms with Crippen molar-refractivity contribution in [2.45, 2.75) is 0 Å². The molecule has 0 fully saturated rings. The van der Waals surface area contributed by atoms with Crippen molar-refractivity contribution in [2.75, 3.05) is 0 Å². The molecule has 0 atom stereocenters. The van der Waals surface area contributed by atoms with Crippen LogP contribution in [0, 0.1) is 3.57 Å². The SMILES string of the molecule is Ic1ccccc1Oc1cccc2sc3ccccc3c12. The van der Waals surface area contributed by atoms with Crippen molar-refractivity contribution >= 4 is 54.1 Å². The van der Waals surface area contributed by atoms with Crippen molar-refractivity contribution < 1.29 is 4.74 Å². The number of hydrogen-bond acceptors (Lipinski definition) is 2. The monoisotopic (exact) mass is 402 g/mol. The van der Waals surface area contributed by atoms with E-state index in [1.807, 2.05) is 35.6 Å². The van der Waals surface area contributed by atoms with Gasteiger partial charge in [-0.25, -0.2) is 0 Å². The number of hydrogen-bond donors (Lipinski definition) is 0. The summed E-state index contributed by atoms with van der Waals surface area (Å²) in [6, 6.07) is 22.8. The second-order valence-corrected chi connectivity index (χ2v) is 7.01. The first-order valence-corrected chi connectivity index (χ1v) is 8.55. The lowest BCUT2D eigenvalue weighted by molar-refractivity contribution is 0.485. The Balaban J connectivity index is 1.94. The van der Waals surface area contributed by atoms with Crippen LogP contribution >= 0.6 is 33.9 Å². The molecule has 0 unspecified atom stereocenters. The van der Waals surface area contributed by atoms with Gasteiger partial charge in [-0.05, 0) is 52.9 Å². The molecular formula is C18H11IOS. The second kappa shape index (κ2) is 5.31. The zero-order chi connectivity index (χ0) is 14.2. The highest BCUT2D eigenvalue weighted by atomic mass is 127. The fraction of sp³-hybridized carbons (Fsp3) is 0.